The molecule has 2 unspecified atom stereocenters. The highest BCUT2D eigenvalue weighted by atomic mass is 15.3. The van der Waals surface area contributed by atoms with Gasteiger partial charge >= 0.3 is 0 Å². The van der Waals surface area contributed by atoms with Crippen LogP contribution in [0.25, 0.3) is 10.8 Å². The number of anilines is 1. The van der Waals surface area contributed by atoms with Gasteiger partial charge in [0.05, 0.1) is 0 Å². The van der Waals surface area contributed by atoms with Crippen molar-refractivity contribution in [3.63, 3.8) is 0 Å². The molecular formula is C18H25N3. The van der Waals surface area contributed by atoms with Crippen LogP contribution in [0.3, 0.4) is 0 Å². The molecule has 0 spiro atoms. The largest absolute Gasteiger partial charge is 0.365 e. The number of benzene rings is 1. The fraction of sp³-hybridized carbons (Fsp3) is 0.500. The molecular weight excluding hydrogens is 258 g/mol. The standard InChI is InChI=1S/C18H25N3/c1-4-15-12-20-18(3,5-2)13-21(15)17-8-6-7-14-11-19-10-9-16(14)17/h6-11,15,20H,4-5,12-13H2,1-3H3. The first-order valence-corrected chi connectivity index (χ1v) is 8.01. The summed E-state index contributed by atoms with van der Waals surface area (Å²) in [6.07, 6.45) is 6.16. The molecule has 3 rings (SSSR count). The first kappa shape index (κ1) is 14.3. The first-order chi connectivity index (χ1) is 10.2. The van der Waals surface area contributed by atoms with E-state index in [4.69, 9.17) is 0 Å². The Morgan fingerprint density at radius 2 is 2.19 bits per heavy atom. The van der Waals surface area contributed by atoms with Crippen molar-refractivity contribution in [2.24, 2.45) is 0 Å². The molecule has 1 N–H and O–H groups in total. The average Bonchev–Trinajstić information content (AvgIpc) is 2.54. The highest BCUT2D eigenvalue weighted by Crippen LogP contribution is 2.32. The third kappa shape index (κ3) is 2.62. The van der Waals surface area contributed by atoms with Crippen LogP contribution in [0.2, 0.25) is 0 Å². The monoisotopic (exact) mass is 283 g/mol. The minimum absolute atomic E-state index is 0.195. The van der Waals surface area contributed by atoms with Crippen molar-refractivity contribution < 1.29 is 0 Å². The van der Waals surface area contributed by atoms with Crippen molar-refractivity contribution in [2.75, 3.05) is 18.0 Å². The summed E-state index contributed by atoms with van der Waals surface area (Å²) < 4.78 is 0. The Morgan fingerprint density at radius 3 is 2.95 bits per heavy atom. The molecule has 1 aliphatic heterocycles. The first-order valence-electron chi connectivity index (χ1n) is 8.01. The van der Waals surface area contributed by atoms with Crippen LogP contribution in [0.4, 0.5) is 5.69 Å². The van der Waals surface area contributed by atoms with E-state index in [9.17, 15) is 0 Å². The second-order valence-electron chi connectivity index (χ2n) is 6.36. The fourth-order valence-corrected chi connectivity index (χ4v) is 3.27. The molecule has 112 valence electrons. The van der Waals surface area contributed by atoms with Crippen LogP contribution < -0.4 is 10.2 Å². The van der Waals surface area contributed by atoms with E-state index in [2.05, 4.69) is 60.2 Å². The SMILES string of the molecule is CCC1CNC(C)(CC)CN1c1cccc2cnccc12. The second-order valence-corrected chi connectivity index (χ2v) is 6.36. The van der Waals surface area contributed by atoms with Gasteiger partial charge in [-0.25, -0.2) is 0 Å². The maximum absolute atomic E-state index is 4.25. The van der Waals surface area contributed by atoms with Gasteiger partial charge in [-0.15, -0.1) is 0 Å². The van der Waals surface area contributed by atoms with Crippen LogP contribution in [0.1, 0.15) is 33.6 Å². The zero-order chi connectivity index (χ0) is 14.9. The smallest absolute Gasteiger partial charge is 0.0450 e. The molecule has 0 bridgehead atoms. The lowest BCUT2D eigenvalue weighted by atomic mass is 9.92. The van der Waals surface area contributed by atoms with Crippen LogP contribution in [-0.2, 0) is 0 Å². The van der Waals surface area contributed by atoms with Crippen molar-refractivity contribution in [1.82, 2.24) is 10.3 Å². The fourth-order valence-electron chi connectivity index (χ4n) is 3.27. The van der Waals surface area contributed by atoms with Gasteiger partial charge in [-0.05, 0) is 31.9 Å². The molecule has 1 aromatic carbocycles. The summed E-state index contributed by atoms with van der Waals surface area (Å²) in [5.74, 6) is 0. The van der Waals surface area contributed by atoms with E-state index in [1.807, 2.05) is 12.4 Å². The van der Waals surface area contributed by atoms with Crippen LogP contribution in [-0.4, -0.2) is 29.7 Å². The van der Waals surface area contributed by atoms with E-state index in [1.165, 1.54) is 16.5 Å². The number of piperazine rings is 1. The van der Waals surface area contributed by atoms with Crippen LogP contribution in [0.5, 0.6) is 0 Å². The lowest BCUT2D eigenvalue weighted by molar-refractivity contribution is 0.276. The Balaban J connectivity index is 2.05. The third-order valence-electron chi connectivity index (χ3n) is 4.94. The molecule has 21 heavy (non-hydrogen) atoms. The summed E-state index contributed by atoms with van der Waals surface area (Å²) in [5.41, 5.74) is 1.55. The van der Waals surface area contributed by atoms with Gasteiger partial charge in [0.25, 0.3) is 0 Å². The van der Waals surface area contributed by atoms with Crippen LogP contribution >= 0.6 is 0 Å². The zero-order valence-corrected chi connectivity index (χ0v) is 13.3. The van der Waals surface area contributed by atoms with Gasteiger partial charge in [0.2, 0.25) is 0 Å². The number of hydrogen-bond donors (Lipinski definition) is 1. The summed E-state index contributed by atoms with van der Waals surface area (Å²) in [7, 11) is 0. The van der Waals surface area contributed by atoms with E-state index in [1.54, 1.807) is 0 Å². The van der Waals surface area contributed by atoms with E-state index in [0.717, 1.165) is 25.9 Å². The molecule has 0 aliphatic carbocycles. The Hall–Kier alpha value is -1.61. The van der Waals surface area contributed by atoms with Crippen molar-refractivity contribution >= 4 is 16.5 Å². The van der Waals surface area contributed by atoms with Crippen molar-refractivity contribution in [2.45, 2.75) is 45.2 Å². The summed E-state index contributed by atoms with van der Waals surface area (Å²) in [6.45, 7) is 9.00. The number of hydrogen-bond acceptors (Lipinski definition) is 3. The molecule has 3 nitrogen and oxygen atoms in total. The minimum Gasteiger partial charge on any atom is -0.365 e. The normalized spacial score (nSPS) is 26.2. The lowest BCUT2D eigenvalue weighted by Crippen LogP contribution is -2.62. The van der Waals surface area contributed by atoms with Crippen LogP contribution in [0, 0.1) is 0 Å². The molecule has 0 radical (unpaired) electrons. The maximum atomic E-state index is 4.25. The minimum atomic E-state index is 0.195. The van der Waals surface area contributed by atoms with E-state index in [0.29, 0.717) is 6.04 Å². The topological polar surface area (TPSA) is 28.2 Å². The summed E-state index contributed by atoms with van der Waals surface area (Å²) >= 11 is 0. The summed E-state index contributed by atoms with van der Waals surface area (Å²) in [5, 5.41) is 6.28. The molecule has 0 amide bonds. The molecule has 2 heterocycles. The lowest BCUT2D eigenvalue weighted by Gasteiger charge is -2.47. The quantitative estimate of drug-likeness (QED) is 0.933. The maximum Gasteiger partial charge on any atom is 0.0450 e. The van der Waals surface area contributed by atoms with Crippen LogP contribution in [0.15, 0.2) is 36.7 Å². The zero-order valence-electron chi connectivity index (χ0n) is 13.3. The van der Waals surface area contributed by atoms with Gasteiger partial charge in [0.1, 0.15) is 0 Å². The number of nitrogens with zero attached hydrogens (tertiary/aromatic N) is 2. The average molecular weight is 283 g/mol. The molecule has 0 saturated carbocycles. The number of aromatic nitrogens is 1. The molecule has 2 aromatic rings. The predicted molar refractivity (Wildman–Crippen MR) is 89.9 cm³/mol. The van der Waals surface area contributed by atoms with Crippen molar-refractivity contribution in [3.8, 4) is 0 Å². The van der Waals surface area contributed by atoms with Gasteiger partial charge in [-0.1, -0.05) is 26.0 Å². The van der Waals surface area contributed by atoms with Crippen molar-refractivity contribution in [1.29, 1.82) is 0 Å². The molecule has 2 atom stereocenters. The molecule has 1 aromatic heterocycles. The number of pyridine rings is 1. The van der Waals surface area contributed by atoms with E-state index >= 15 is 0 Å². The van der Waals surface area contributed by atoms with Gasteiger partial charge < -0.3 is 10.2 Å². The Labute approximate surface area is 127 Å². The highest BCUT2D eigenvalue weighted by molar-refractivity contribution is 5.93. The Morgan fingerprint density at radius 1 is 1.33 bits per heavy atom. The third-order valence-corrected chi connectivity index (χ3v) is 4.94. The Kier molecular flexibility index (Phi) is 3.85. The molecule has 3 heteroatoms. The molecule has 1 saturated heterocycles. The van der Waals surface area contributed by atoms with Gasteiger partial charge in [0.15, 0.2) is 0 Å². The summed E-state index contributed by atoms with van der Waals surface area (Å²) in [4.78, 5) is 6.85. The van der Waals surface area contributed by atoms with E-state index in [-0.39, 0.29) is 5.54 Å². The molecule has 1 fully saturated rings. The highest BCUT2D eigenvalue weighted by Gasteiger charge is 2.34. The van der Waals surface area contributed by atoms with E-state index < -0.39 is 0 Å². The number of fused-ring (bicyclic) bond motifs is 1. The predicted octanol–water partition coefficient (Wildman–Crippen LogP) is 3.59. The Bertz CT molecular complexity index is 619. The van der Waals surface area contributed by atoms with Gasteiger partial charge in [-0.2, -0.15) is 0 Å². The number of nitrogens with one attached hydrogen (secondary N) is 1. The van der Waals surface area contributed by atoms with Gasteiger partial charge in [0, 0.05) is 53.5 Å². The molecule has 1 aliphatic rings. The van der Waals surface area contributed by atoms with Gasteiger partial charge in [-0.3, -0.25) is 4.98 Å². The second kappa shape index (κ2) is 5.64. The van der Waals surface area contributed by atoms with Crippen molar-refractivity contribution in [3.05, 3.63) is 36.7 Å². The number of rotatable bonds is 3. The summed E-state index contributed by atoms with van der Waals surface area (Å²) in [6, 6.07) is 9.25.